The maximum absolute atomic E-state index is 9.44. The fraction of sp³-hybridized carbons (Fsp3) is 0.833. The summed E-state index contributed by atoms with van der Waals surface area (Å²) >= 11 is 19.6. The van der Waals surface area contributed by atoms with E-state index in [2.05, 4.69) is 0 Å². The van der Waals surface area contributed by atoms with Gasteiger partial charge >= 0.3 is 0 Å². The van der Waals surface area contributed by atoms with Crippen LogP contribution < -0.4 is 0 Å². The third kappa shape index (κ3) is 252. The minimum atomic E-state index is 0.167. The van der Waals surface area contributed by atoms with Gasteiger partial charge in [0.25, 0.3) is 0 Å². The summed E-state index contributed by atoms with van der Waals surface area (Å²) in [5.74, 6) is 1.28. The number of hydrogen-bond acceptors (Lipinski definition) is 1. The van der Waals surface area contributed by atoms with Crippen molar-refractivity contribution in [1.29, 1.82) is 0 Å². The molecule has 70 valence electrons. The van der Waals surface area contributed by atoms with Gasteiger partial charge in [-0.3, -0.25) is 0 Å². The summed E-state index contributed by atoms with van der Waals surface area (Å²) in [4.78, 5) is 9.44. The Balaban J connectivity index is -0.0000000886. The molecule has 0 aromatic rings. The lowest BCUT2D eigenvalue weighted by Gasteiger charge is -1.63. The van der Waals surface area contributed by atoms with Crippen molar-refractivity contribution in [2.24, 2.45) is 0 Å². The Morgan fingerprint density at radius 2 is 1.09 bits per heavy atom. The molecule has 0 aliphatic heterocycles. The first-order chi connectivity index (χ1) is 5.06. The molecule has 0 aromatic heterocycles. The molecular weight excluding hydrogens is 230 g/mol. The largest absolute Gasteiger partial charge is 0.300 e. The number of rotatable bonds is 1. The summed E-state index contributed by atoms with van der Waals surface area (Å²) in [7, 11) is 0. The van der Waals surface area contributed by atoms with Crippen molar-refractivity contribution in [3.63, 3.8) is 0 Å². The Morgan fingerprint density at radius 3 is 1.09 bits per heavy atom. The first-order valence-corrected chi connectivity index (χ1v) is 4.91. The monoisotopic (exact) mass is 240 g/mol. The lowest BCUT2D eigenvalue weighted by Crippen LogP contribution is -1.69. The highest BCUT2D eigenvalue weighted by Crippen LogP contribution is 1.75. The molecular formula is C6H12Cl4O. The van der Waals surface area contributed by atoms with Gasteiger partial charge in [-0.15, -0.1) is 46.4 Å². The van der Waals surface area contributed by atoms with Crippen molar-refractivity contribution >= 4 is 52.2 Å². The van der Waals surface area contributed by atoms with Crippen molar-refractivity contribution in [1.82, 2.24) is 0 Å². The van der Waals surface area contributed by atoms with Gasteiger partial charge in [0.1, 0.15) is 5.78 Å². The van der Waals surface area contributed by atoms with E-state index in [1.807, 2.05) is 0 Å². The Bertz CT molecular complexity index is 61.6. The van der Waals surface area contributed by atoms with E-state index in [9.17, 15) is 4.79 Å². The van der Waals surface area contributed by atoms with Crippen molar-refractivity contribution in [3.05, 3.63) is 0 Å². The molecule has 0 fully saturated rings. The van der Waals surface area contributed by atoms with Gasteiger partial charge in [0.2, 0.25) is 0 Å². The van der Waals surface area contributed by atoms with Gasteiger partial charge in [0, 0.05) is 11.8 Å². The molecule has 1 nitrogen and oxygen atoms in total. The van der Waals surface area contributed by atoms with Crippen LogP contribution in [0.25, 0.3) is 0 Å². The average molecular weight is 242 g/mol. The molecule has 0 amide bonds. The molecule has 0 rings (SSSR count). The van der Waals surface area contributed by atoms with Crippen LogP contribution in [0.2, 0.25) is 0 Å². The van der Waals surface area contributed by atoms with E-state index in [4.69, 9.17) is 46.4 Å². The second kappa shape index (κ2) is 22.4. The summed E-state index contributed by atoms with van der Waals surface area (Å²) in [5, 5.41) is 0.194. The predicted molar refractivity (Wildman–Crippen MR) is 54.4 cm³/mol. The average Bonchev–Trinajstić information content (AvgIpc) is 1.88. The first kappa shape index (κ1) is 17.8. The number of alkyl halides is 4. The minimum absolute atomic E-state index is 0.167. The van der Waals surface area contributed by atoms with E-state index in [0.29, 0.717) is 11.8 Å². The Kier molecular flexibility index (Phi) is 36.3. The third-order valence-electron chi connectivity index (χ3n) is 0.0714. The molecule has 0 atom stereocenters. The number of Topliss-reactive ketones (excluding diaryl/α,β-unsaturated/α-hetero) is 1. The molecule has 0 bridgehead atoms. The fourth-order valence-electron chi connectivity index (χ4n) is 0. The van der Waals surface area contributed by atoms with Crippen LogP contribution >= 0.6 is 46.4 Å². The van der Waals surface area contributed by atoms with Crippen LogP contribution in [0, 0.1) is 0 Å². The molecule has 5 heteroatoms. The highest BCUT2D eigenvalue weighted by Gasteiger charge is 1.62. The maximum atomic E-state index is 9.44. The van der Waals surface area contributed by atoms with Crippen LogP contribution in [-0.4, -0.2) is 22.9 Å². The van der Waals surface area contributed by atoms with E-state index in [1.54, 1.807) is 0 Å². The van der Waals surface area contributed by atoms with E-state index >= 15 is 0 Å². The first-order valence-electron chi connectivity index (χ1n) is 2.77. The number of carbonyl (C=O) groups excluding carboxylic acids is 1. The van der Waals surface area contributed by atoms with Gasteiger partial charge in [-0.05, 0) is 13.8 Å². The van der Waals surface area contributed by atoms with Crippen molar-refractivity contribution in [3.8, 4) is 0 Å². The van der Waals surface area contributed by atoms with Crippen LogP contribution in [0.4, 0.5) is 0 Å². The van der Waals surface area contributed by atoms with E-state index in [-0.39, 0.29) is 11.1 Å². The van der Waals surface area contributed by atoms with Gasteiger partial charge in [-0.25, -0.2) is 0 Å². The van der Waals surface area contributed by atoms with Crippen molar-refractivity contribution in [2.75, 3.05) is 17.1 Å². The molecule has 11 heavy (non-hydrogen) atoms. The zero-order chi connectivity index (χ0) is 9.70. The normalized spacial score (nSPS) is 6.73. The zero-order valence-corrected chi connectivity index (χ0v) is 9.57. The summed E-state index contributed by atoms with van der Waals surface area (Å²) < 4.78 is 0. The topological polar surface area (TPSA) is 17.1 Å². The standard InChI is InChI=1S/C3H6O.C2H4Cl2.CH2Cl2/c1-3(2)4;3-1-2-4;2-1-3/h1-2H3;1-2H2;1H2. The Hall–Kier alpha value is 0.830. The lowest BCUT2D eigenvalue weighted by molar-refractivity contribution is -0.114. The molecule has 0 aliphatic rings. The molecule has 0 spiro atoms. The molecule has 0 aliphatic carbocycles. The number of hydrogen-bond donors (Lipinski definition) is 0. The number of halogens is 4. The maximum Gasteiger partial charge on any atom is 0.126 e. The second-order valence-corrected chi connectivity index (χ2v) is 2.95. The van der Waals surface area contributed by atoms with E-state index in [1.165, 1.54) is 13.8 Å². The molecule has 0 unspecified atom stereocenters. The number of carbonyl (C=O) groups is 1. The second-order valence-electron chi connectivity index (χ2n) is 1.39. The summed E-state index contributed by atoms with van der Waals surface area (Å²) in [6, 6.07) is 0. The van der Waals surface area contributed by atoms with Crippen LogP contribution in [-0.2, 0) is 4.79 Å². The highest BCUT2D eigenvalue weighted by molar-refractivity contribution is 6.40. The third-order valence-corrected chi connectivity index (χ3v) is 0.643. The van der Waals surface area contributed by atoms with E-state index in [0.717, 1.165) is 0 Å². The SMILES string of the molecule is CC(C)=O.ClCCCl.ClCCl. The van der Waals surface area contributed by atoms with Crippen molar-refractivity contribution in [2.45, 2.75) is 13.8 Å². The summed E-state index contributed by atoms with van der Waals surface area (Å²) in [6.07, 6.45) is 0. The lowest BCUT2D eigenvalue weighted by atomic mass is 10.6. The molecule has 0 saturated heterocycles. The predicted octanol–water partition coefficient (Wildman–Crippen LogP) is 3.48. The van der Waals surface area contributed by atoms with Crippen molar-refractivity contribution < 1.29 is 4.79 Å². The zero-order valence-electron chi connectivity index (χ0n) is 6.54. The highest BCUT2D eigenvalue weighted by atomic mass is 35.5. The van der Waals surface area contributed by atoms with Gasteiger partial charge in [-0.2, -0.15) is 0 Å². The fourth-order valence-corrected chi connectivity index (χ4v) is 0. The molecule has 0 radical (unpaired) electrons. The molecule has 0 heterocycles. The summed E-state index contributed by atoms with van der Waals surface area (Å²) in [6.45, 7) is 3.06. The quantitative estimate of drug-likeness (QED) is 0.643. The van der Waals surface area contributed by atoms with E-state index < -0.39 is 0 Å². The number of ketones is 1. The van der Waals surface area contributed by atoms with Gasteiger partial charge < -0.3 is 4.79 Å². The van der Waals surface area contributed by atoms with Gasteiger partial charge in [0.05, 0.1) is 5.34 Å². The Labute approximate surface area is 88.0 Å². The summed E-state index contributed by atoms with van der Waals surface area (Å²) in [5.41, 5.74) is 0. The van der Waals surface area contributed by atoms with Crippen LogP contribution in [0.3, 0.4) is 0 Å². The minimum Gasteiger partial charge on any atom is -0.300 e. The van der Waals surface area contributed by atoms with Gasteiger partial charge in [0.15, 0.2) is 0 Å². The molecule has 0 N–H and O–H groups in total. The smallest absolute Gasteiger partial charge is 0.126 e. The van der Waals surface area contributed by atoms with Crippen LogP contribution in [0.5, 0.6) is 0 Å². The van der Waals surface area contributed by atoms with Crippen LogP contribution in [0.15, 0.2) is 0 Å². The molecule has 0 aromatic carbocycles. The Morgan fingerprint density at radius 1 is 1.00 bits per heavy atom. The molecule has 0 saturated carbocycles. The van der Waals surface area contributed by atoms with Crippen LogP contribution in [0.1, 0.15) is 13.8 Å². The van der Waals surface area contributed by atoms with Gasteiger partial charge in [-0.1, -0.05) is 0 Å².